The van der Waals surface area contributed by atoms with Crippen LogP contribution in [0.15, 0.2) is 35.0 Å². The number of hydrogen-bond acceptors (Lipinski definition) is 5. The Hall–Kier alpha value is -2.39. The monoisotopic (exact) mass is 324 g/mol. The first kappa shape index (κ1) is 15.5. The van der Waals surface area contributed by atoms with Crippen molar-refractivity contribution >= 4 is 34.3 Å². The third kappa shape index (κ3) is 3.35. The van der Waals surface area contributed by atoms with E-state index in [1.165, 1.54) is 11.8 Å². The quantitative estimate of drug-likeness (QED) is 0.872. The van der Waals surface area contributed by atoms with Crippen molar-refractivity contribution in [2.75, 3.05) is 11.6 Å². The molecule has 23 heavy (non-hydrogen) atoms. The standard InChI is InChI=1S/C17H16N4OS/c1-23-17-14-8-15(19-10-12(14)7-13(9-18)20-17)21-16(22)11-5-3-2-4-6-11/h5,7-8,10H,2-4,6H2,1H3,(H,19,21,22). The number of pyridine rings is 2. The molecule has 2 aromatic heterocycles. The minimum atomic E-state index is -0.0798. The first-order chi connectivity index (χ1) is 11.2. The lowest BCUT2D eigenvalue weighted by molar-refractivity contribution is -0.113. The number of rotatable bonds is 3. The van der Waals surface area contributed by atoms with Gasteiger partial charge in [0.15, 0.2) is 0 Å². The molecule has 1 N–H and O–H groups in total. The summed E-state index contributed by atoms with van der Waals surface area (Å²) in [7, 11) is 0. The maximum Gasteiger partial charge on any atom is 0.252 e. The van der Waals surface area contributed by atoms with Crippen molar-refractivity contribution in [3.8, 4) is 6.07 Å². The summed E-state index contributed by atoms with van der Waals surface area (Å²) in [6.07, 6.45) is 9.58. The van der Waals surface area contributed by atoms with Crippen molar-refractivity contribution < 1.29 is 4.79 Å². The van der Waals surface area contributed by atoms with Crippen LogP contribution in [0.4, 0.5) is 5.82 Å². The molecular formula is C17H16N4OS. The van der Waals surface area contributed by atoms with Gasteiger partial charge in [0.2, 0.25) is 0 Å². The number of aromatic nitrogens is 2. The van der Waals surface area contributed by atoms with Gasteiger partial charge in [0.1, 0.15) is 22.6 Å². The van der Waals surface area contributed by atoms with Gasteiger partial charge in [0.05, 0.1) is 0 Å². The van der Waals surface area contributed by atoms with Gasteiger partial charge in [-0.05, 0) is 44.1 Å². The molecule has 0 unspecified atom stereocenters. The van der Waals surface area contributed by atoms with Gasteiger partial charge >= 0.3 is 0 Å². The highest BCUT2D eigenvalue weighted by Gasteiger charge is 2.14. The van der Waals surface area contributed by atoms with E-state index in [2.05, 4.69) is 21.4 Å². The minimum Gasteiger partial charge on any atom is -0.307 e. The highest BCUT2D eigenvalue weighted by molar-refractivity contribution is 7.98. The predicted molar refractivity (Wildman–Crippen MR) is 91.2 cm³/mol. The molecule has 0 fully saturated rings. The second-order valence-electron chi connectivity index (χ2n) is 5.35. The third-order valence-corrected chi connectivity index (χ3v) is 4.51. The fourth-order valence-electron chi connectivity index (χ4n) is 2.64. The molecule has 0 spiro atoms. The van der Waals surface area contributed by atoms with E-state index in [0.29, 0.717) is 11.5 Å². The summed E-state index contributed by atoms with van der Waals surface area (Å²) in [6.45, 7) is 0. The Bertz CT molecular complexity index is 838. The molecule has 0 saturated heterocycles. The number of fused-ring (bicyclic) bond motifs is 1. The first-order valence-corrected chi connectivity index (χ1v) is 8.69. The molecule has 1 aliphatic carbocycles. The summed E-state index contributed by atoms with van der Waals surface area (Å²) in [4.78, 5) is 20.9. The summed E-state index contributed by atoms with van der Waals surface area (Å²) in [5.74, 6) is 0.430. The fourth-order valence-corrected chi connectivity index (χ4v) is 3.22. The van der Waals surface area contributed by atoms with Crippen LogP contribution in [0.1, 0.15) is 31.4 Å². The molecule has 5 nitrogen and oxygen atoms in total. The summed E-state index contributed by atoms with van der Waals surface area (Å²) in [5, 5.41) is 14.4. The van der Waals surface area contributed by atoms with Gasteiger partial charge in [-0.1, -0.05) is 6.08 Å². The second-order valence-corrected chi connectivity index (χ2v) is 6.14. The lowest BCUT2D eigenvalue weighted by atomic mass is 9.99. The predicted octanol–water partition coefficient (Wildman–Crippen LogP) is 3.66. The van der Waals surface area contributed by atoms with Crippen LogP contribution < -0.4 is 5.32 Å². The van der Waals surface area contributed by atoms with Crippen LogP contribution in [0.5, 0.6) is 0 Å². The van der Waals surface area contributed by atoms with Crippen LogP contribution in [0.3, 0.4) is 0 Å². The molecule has 0 bridgehead atoms. The molecule has 2 heterocycles. The number of anilines is 1. The molecule has 6 heteroatoms. The molecule has 0 aliphatic heterocycles. The maximum absolute atomic E-state index is 12.3. The maximum atomic E-state index is 12.3. The summed E-state index contributed by atoms with van der Waals surface area (Å²) in [6, 6.07) is 5.58. The molecule has 0 saturated carbocycles. The largest absolute Gasteiger partial charge is 0.307 e. The van der Waals surface area contributed by atoms with Gasteiger partial charge in [-0.3, -0.25) is 4.79 Å². The van der Waals surface area contributed by atoms with E-state index in [-0.39, 0.29) is 5.91 Å². The minimum absolute atomic E-state index is 0.0798. The average molecular weight is 324 g/mol. The number of carbonyl (C=O) groups excluding carboxylic acids is 1. The van der Waals surface area contributed by atoms with E-state index in [0.717, 1.165) is 47.1 Å². The zero-order valence-corrected chi connectivity index (χ0v) is 13.6. The SMILES string of the molecule is CSc1nc(C#N)cc2cnc(NC(=O)C3=CCCCC3)cc12. The average Bonchev–Trinajstić information content (AvgIpc) is 2.61. The van der Waals surface area contributed by atoms with Crippen molar-refractivity contribution in [2.45, 2.75) is 30.7 Å². The van der Waals surface area contributed by atoms with Gasteiger partial charge in [-0.15, -0.1) is 11.8 Å². The number of carbonyl (C=O) groups is 1. The zero-order valence-electron chi connectivity index (χ0n) is 12.8. The van der Waals surface area contributed by atoms with E-state index in [1.54, 1.807) is 12.3 Å². The van der Waals surface area contributed by atoms with Gasteiger partial charge in [0.25, 0.3) is 5.91 Å². The van der Waals surface area contributed by atoms with E-state index in [4.69, 9.17) is 5.26 Å². The van der Waals surface area contributed by atoms with Gasteiger partial charge < -0.3 is 5.32 Å². The number of nitrogens with one attached hydrogen (secondary N) is 1. The number of allylic oxidation sites excluding steroid dienone is 1. The Balaban J connectivity index is 1.92. The molecule has 0 atom stereocenters. The normalized spacial score (nSPS) is 14.2. The van der Waals surface area contributed by atoms with E-state index < -0.39 is 0 Å². The Morgan fingerprint density at radius 2 is 2.26 bits per heavy atom. The number of thioether (sulfide) groups is 1. The highest BCUT2D eigenvalue weighted by atomic mass is 32.2. The van der Waals surface area contributed by atoms with Crippen LogP contribution in [-0.4, -0.2) is 22.1 Å². The fraction of sp³-hybridized carbons (Fsp3) is 0.294. The van der Waals surface area contributed by atoms with Crippen LogP contribution in [0.25, 0.3) is 10.8 Å². The number of nitrogens with zero attached hydrogens (tertiary/aromatic N) is 3. The smallest absolute Gasteiger partial charge is 0.252 e. The number of hydrogen-bond donors (Lipinski definition) is 1. The van der Waals surface area contributed by atoms with Crippen LogP contribution >= 0.6 is 11.8 Å². The van der Waals surface area contributed by atoms with Gasteiger partial charge in [-0.25, -0.2) is 9.97 Å². The summed E-state index contributed by atoms with van der Waals surface area (Å²) in [5.41, 5.74) is 1.20. The Kier molecular flexibility index (Phi) is 4.58. The third-order valence-electron chi connectivity index (χ3n) is 3.81. The topological polar surface area (TPSA) is 78.7 Å². The van der Waals surface area contributed by atoms with Crippen molar-refractivity contribution in [3.63, 3.8) is 0 Å². The molecule has 1 aliphatic rings. The van der Waals surface area contributed by atoms with Crippen LogP contribution in [0, 0.1) is 11.3 Å². The lowest BCUT2D eigenvalue weighted by Gasteiger charge is -2.13. The Labute approximate surface area is 138 Å². The molecule has 0 aromatic carbocycles. The lowest BCUT2D eigenvalue weighted by Crippen LogP contribution is -2.16. The highest BCUT2D eigenvalue weighted by Crippen LogP contribution is 2.27. The molecule has 1 amide bonds. The van der Waals surface area contributed by atoms with Gasteiger partial charge in [0, 0.05) is 22.5 Å². The van der Waals surface area contributed by atoms with Crippen LogP contribution in [-0.2, 0) is 4.79 Å². The molecule has 116 valence electrons. The van der Waals surface area contributed by atoms with Crippen molar-refractivity contribution in [3.05, 3.63) is 35.7 Å². The van der Waals surface area contributed by atoms with E-state index in [1.807, 2.05) is 18.4 Å². The van der Waals surface area contributed by atoms with E-state index >= 15 is 0 Å². The van der Waals surface area contributed by atoms with Gasteiger partial charge in [-0.2, -0.15) is 5.26 Å². The van der Waals surface area contributed by atoms with Crippen molar-refractivity contribution in [1.82, 2.24) is 9.97 Å². The zero-order chi connectivity index (χ0) is 16.2. The number of amides is 1. The molecule has 3 rings (SSSR count). The summed E-state index contributed by atoms with van der Waals surface area (Å²) < 4.78 is 0. The van der Waals surface area contributed by atoms with E-state index in [9.17, 15) is 4.79 Å². The van der Waals surface area contributed by atoms with Crippen molar-refractivity contribution in [1.29, 1.82) is 5.26 Å². The van der Waals surface area contributed by atoms with Crippen LogP contribution in [0.2, 0.25) is 0 Å². The molecular weight excluding hydrogens is 308 g/mol. The summed E-state index contributed by atoms with van der Waals surface area (Å²) >= 11 is 1.47. The molecule has 2 aromatic rings. The Morgan fingerprint density at radius 1 is 1.39 bits per heavy atom. The van der Waals surface area contributed by atoms with Crippen molar-refractivity contribution in [2.24, 2.45) is 0 Å². The molecule has 0 radical (unpaired) electrons. The second kappa shape index (κ2) is 6.80. The number of nitriles is 1. The first-order valence-electron chi connectivity index (χ1n) is 7.46. The Morgan fingerprint density at radius 3 is 2.96 bits per heavy atom.